The number of para-hydroxylation sites is 1. The molecule has 0 saturated heterocycles. The number of alkyl carbamates (subject to hydrolysis) is 1. The highest BCUT2D eigenvalue weighted by Gasteiger charge is 2.51. The third kappa shape index (κ3) is 3.81. The number of carbonyl (C=O) groups is 2. The fourth-order valence-corrected chi connectivity index (χ4v) is 4.06. The molecule has 0 aliphatic heterocycles. The van der Waals surface area contributed by atoms with Gasteiger partial charge in [-0.25, -0.2) is 9.59 Å². The molecule has 0 bridgehead atoms. The van der Waals surface area contributed by atoms with Crippen molar-refractivity contribution in [3.63, 3.8) is 0 Å². The highest BCUT2D eigenvalue weighted by Crippen LogP contribution is 2.42. The Balaban J connectivity index is 2.16. The Labute approximate surface area is 164 Å². The van der Waals surface area contributed by atoms with Gasteiger partial charge in [0.05, 0.1) is 7.11 Å². The van der Waals surface area contributed by atoms with Crippen molar-refractivity contribution in [3.8, 4) is 0 Å². The van der Waals surface area contributed by atoms with Crippen LogP contribution in [0.1, 0.15) is 58.4 Å². The molecule has 1 aromatic heterocycles. The number of esters is 1. The molecule has 1 aliphatic carbocycles. The van der Waals surface area contributed by atoms with Crippen molar-refractivity contribution >= 4 is 23.1 Å². The van der Waals surface area contributed by atoms with Crippen LogP contribution in [-0.2, 0) is 19.8 Å². The molecule has 2 aromatic rings. The van der Waals surface area contributed by atoms with E-state index < -0.39 is 23.2 Å². The number of benzene rings is 1. The van der Waals surface area contributed by atoms with Gasteiger partial charge in [0.1, 0.15) is 16.6 Å². The first-order chi connectivity index (χ1) is 13.3. The summed E-state index contributed by atoms with van der Waals surface area (Å²) in [6.07, 6.45) is 3.98. The predicted molar refractivity (Wildman–Crippen MR) is 104 cm³/mol. The lowest BCUT2D eigenvalue weighted by molar-refractivity contribution is -0.152. The third-order valence-electron chi connectivity index (χ3n) is 5.19. The molecule has 8 nitrogen and oxygen atoms in total. The Bertz CT molecular complexity index is 851. The molecule has 8 heteroatoms. The minimum Gasteiger partial charge on any atom is -0.467 e. The quantitative estimate of drug-likeness (QED) is 0.777. The number of methoxy groups -OCH3 is 1. The lowest BCUT2D eigenvalue weighted by atomic mass is 9.70. The normalized spacial score (nSPS) is 17.7. The first-order valence-corrected chi connectivity index (χ1v) is 9.67. The topological polar surface area (TPSA) is 106 Å². The lowest BCUT2D eigenvalue weighted by Gasteiger charge is -2.41. The zero-order chi connectivity index (χ0) is 20.4. The van der Waals surface area contributed by atoms with Crippen LogP contribution in [0.5, 0.6) is 0 Å². The smallest absolute Gasteiger partial charge is 0.408 e. The van der Waals surface area contributed by atoms with E-state index in [0.29, 0.717) is 16.6 Å². The van der Waals surface area contributed by atoms with Crippen LogP contribution in [-0.4, -0.2) is 40.2 Å². The molecule has 1 aromatic carbocycles. The second-order valence-corrected chi connectivity index (χ2v) is 8.26. The van der Waals surface area contributed by atoms with E-state index in [0.717, 1.165) is 32.1 Å². The highest BCUT2D eigenvalue weighted by molar-refractivity contribution is 5.93. The largest absolute Gasteiger partial charge is 0.467 e. The van der Waals surface area contributed by atoms with Crippen molar-refractivity contribution in [2.75, 3.05) is 7.11 Å². The molecule has 1 aliphatic rings. The summed E-state index contributed by atoms with van der Waals surface area (Å²) in [5, 5.41) is 13.9. The highest BCUT2D eigenvalue weighted by atomic mass is 16.6. The molecule has 0 spiro atoms. The zero-order valence-corrected chi connectivity index (χ0v) is 16.9. The first kappa shape index (κ1) is 20.1. The van der Waals surface area contributed by atoms with Gasteiger partial charge in [-0.3, -0.25) is 0 Å². The summed E-state index contributed by atoms with van der Waals surface area (Å²) in [6, 6.07) is 5.41. The SMILES string of the molecule is COC(=O)C(NC(=O)OC(C)(C)C)(c1cccc2n[nH]nc12)C1CCCCC1. The maximum absolute atomic E-state index is 13.2. The number of H-pyrrole nitrogens is 1. The Morgan fingerprint density at radius 1 is 1.14 bits per heavy atom. The number of aromatic nitrogens is 3. The summed E-state index contributed by atoms with van der Waals surface area (Å²) >= 11 is 0. The van der Waals surface area contributed by atoms with Crippen LogP contribution < -0.4 is 5.32 Å². The van der Waals surface area contributed by atoms with Gasteiger partial charge in [0.15, 0.2) is 5.54 Å². The van der Waals surface area contributed by atoms with Crippen molar-refractivity contribution < 1.29 is 19.1 Å². The lowest BCUT2D eigenvalue weighted by Crippen LogP contribution is -2.58. The second-order valence-electron chi connectivity index (χ2n) is 8.26. The van der Waals surface area contributed by atoms with Crippen molar-refractivity contribution in [1.82, 2.24) is 20.7 Å². The van der Waals surface area contributed by atoms with E-state index in [2.05, 4.69) is 20.7 Å². The minimum absolute atomic E-state index is 0.136. The van der Waals surface area contributed by atoms with Crippen LogP contribution in [0.3, 0.4) is 0 Å². The average molecular weight is 388 g/mol. The van der Waals surface area contributed by atoms with E-state index in [-0.39, 0.29) is 5.92 Å². The number of aromatic amines is 1. The number of ether oxygens (including phenoxy) is 2. The molecule has 2 N–H and O–H groups in total. The van der Waals surface area contributed by atoms with Gasteiger partial charge < -0.3 is 14.8 Å². The van der Waals surface area contributed by atoms with Crippen molar-refractivity contribution in [2.45, 2.75) is 64.0 Å². The summed E-state index contributed by atoms with van der Waals surface area (Å²) < 4.78 is 10.7. The number of hydrogen-bond acceptors (Lipinski definition) is 6. The van der Waals surface area contributed by atoms with Gasteiger partial charge in [-0.1, -0.05) is 31.4 Å². The molecular formula is C20H28N4O4. The molecular weight excluding hydrogens is 360 g/mol. The van der Waals surface area contributed by atoms with Crippen LogP contribution in [0.2, 0.25) is 0 Å². The Morgan fingerprint density at radius 3 is 2.50 bits per heavy atom. The van der Waals surface area contributed by atoms with Gasteiger partial charge in [0.2, 0.25) is 0 Å². The maximum Gasteiger partial charge on any atom is 0.408 e. The number of nitrogens with zero attached hydrogens (tertiary/aromatic N) is 2. The van der Waals surface area contributed by atoms with Crippen LogP contribution in [0, 0.1) is 5.92 Å². The molecule has 1 unspecified atom stereocenters. The van der Waals surface area contributed by atoms with E-state index in [9.17, 15) is 9.59 Å². The van der Waals surface area contributed by atoms with Crippen molar-refractivity contribution in [3.05, 3.63) is 23.8 Å². The average Bonchev–Trinajstić information content (AvgIpc) is 3.13. The number of rotatable bonds is 4. The molecule has 1 atom stereocenters. The van der Waals surface area contributed by atoms with Crippen LogP contribution in [0.25, 0.3) is 11.0 Å². The Kier molecular flexibility index (Phi) is 5.58. The van der Waals surface area contributed by atoms with Gasteiger partial charge in [-0.2, -0.15) is 15.4 Å². The van der Waals surface area contributed by atoms with Crippen LogP contribution in [0.4, 0.5) is 4.79 Å². The van der Waals surface area contributed by atoms with E-state index in [1.54, 1.807) is 39.0 Å². The molecule has 28 heavy (non-hydrogen) atoms. The fourth-order valence-electron chi connectivity index (χ4n) is 4.06. The first-order valence-electron chi connectivity index (χ1n) is 9.67. The summed E-state index contributed by atoms with van der Waals surface area (Å²) in [5.74, 6) is -0.663. The van der Waals surface area contributed by atoms with E-state index in [1.807, 2.05) is 0 Å². The standard InChI is InChI=1S/C20H28N4O4/c1-19(2,3)28-18(26)21-20(17(25)27-4,13-9-6-5-7-10-13)14-11-8-12-15-16(14)23-24-22-15/h8,11-13H,5-7,9-10H2,1-4H3,(H,21,26)(H,22,23,24). The predicted octanol–water partition coefficient (Wildman–Crippen LogP) is 3.43. The zero-order valence-electron chi connectivity index (χ0n) is 16.9. The molecule has 3 rings (SSSR count). The van der Waals surface area contributed by atoms with Crippen molar-refractivity contribution in [1.29, 1.82) is 0 Å². The van der Waals surface area contributed by atoms with Gasteiger partial charge >= 0.3 is 12.1 Å². The molecule has 1 saturated carbocycles. The third-order valence-corrected chi connectivity index (χ3v) is 5.19. The molecule has 0 radical (unpaired) electrons. The number of carbonyl (C=O) groups excluding carboxylic acids is 2. The number of hydrogen-bond donors (Lipinski definition) is 2. The summed E-state index contributed by atoms with van der Waals surface area (Å²) in [6.45, 7) is 5.35. The Morgan fingerprint density at radius 2 is 1.86 bits per heavy atom. The van der Waals surface area contributed by atoms with Crippen LogP contribution >= 0.6 is 0 Å². The van der Waals surface area contributed by atoms with E-state index in [1.165, 1.54) is 7.11 Å². The number of amides is 1. The van der Waals surface area contributed by atoms with E-state index >= 15 is 0 Å². The van der Waals surface area contributed by atoms with Gasteiger partial charge in [-0.15, -0.1) is 0 Å². The van der Waals surface area contributed by atoms with Crippen molar-refractivity contribution in [2.24, 2.45) is 5.92 Å². The fraction of sp³-hybridized carbons (Fsp3) is 0.600. The van der Waals surface area contributed by atoms with E-state index in [4.69, 9.17) is 9.47 Å². The van der Waals surface area contributed by atoms with Crippen LogP contribution in [0.15, 0.2) is 18.2 Å². The molecule has 152 valence electrons. The summed E-state index contributed by atoms with van der Waals surface area (Å²) in [5.41, 5.74) is -0.364. The van der Waals surface area contributed by atoms with Gasteiger partial charge in [0.25, 0.3) is 0 Å². The van der Waals surface area contributed by atoms with Gasteiger partial charge in [-0.05, 0) is 45.6 Å². The minimum atomic E-state index is -1.39. The summed E-state index contributed by atoms with van der Waals surface area (Å²) in [7, 11) is 1.33. The van der Waals surface area contributed by atoms with Gasteiger partial charge in [0, 0.05) is 5.56 Å². The summed E-state index contributed by atoms with van der Waals surface area (Å²) in [4.78, 5) is 26.0. The molecule has 1 amide bonds. The Hall–Kier alpha value is -2.64. The monoisotopic (exact) mass is 388 g/mol. The number of fused-ring (bicyclic) bond motifs is 1. The maximum atomic E-state index is 13.2. The second kappa shape index (κ2) is 7.77. The molecule has 1 heterocycles. The molecule has 1 fully saturated rings. The number of nitrogens with one attached hydrogen (secondary N) is 2.